The van der Waals surface area contributed by atoms with Gasteiger partial charge < -0.3 is 10.4 Å². The van der Waals surface area contributed by atoms with Crippen LogP contribution >= 0.6 is 11.3 Å². The number of aliphatic carboxylic acids is 1. The summed E-state index contributed by atoms with van der Waals surface area (Å²) in [5.74, 6) is -0.321. The summed E-state index contributed by atoms with van der Waals surface area (Å²) < 4.78 is 0. The lowest BCUT2D eigenvalue weighted by atomic mass is 10.2. The summed E-state index contributed by atoms with van der Waals surface area (Å²) in [6.07, 6.45) is 1.44. The number of thiophene rings is 1. The standard InChI is InChI=1S/C10H11N3O2S/c1-5-3-16-9-7(5)8(11-4-12-9)13-6(2)10(14)15/h3-4,6H,1-2H3,(H,14,15)(H,11,12,13)/t6-/m1/s1. The average molecular weight is 237 g/mol. The van der Waals surface area contributed by atoms with Crippen LogP contribution in [-0.4, -0.2) is 27.1 Å². The number of aryl methyl sites for hydroxylation is 1. The number of rotatable bonds is 3. The van der Waals surface area contributed by atoms with Crippen LogP contribution in [0.1, 0.15) is 12.5 Å². The van der Waals surface area contributed by atoms with Gasteiger partial charge in [-0.05, 0) is 24.8 Å². The van der Waals surface area contributed by atoms with Crippen molar-refractivity contribution in [2.24, 2.45) is 0 Å². The number of hydrogen-bond acceptors (Lipinski definition) is 5. The van der Waals surface area contributed by atoms with Gasteiger partial charge in [0.25, 0.3) is 0 Å². The number of nitrogens with one attached hydrogen (secondary N) is 1. The zero-order valence-corrected chi connectivity index (χ0v) is 9.71. The van der Waals surface area contributed by atoms with Crippen LogP contribution < -0.4 is 5.32 Å². The third-order valence-corrected chi connectivity index (χ3v) is 3.28. The van der Waals surface area contributed by atoms with Crippen LogP contribution in [0.2, 0.25) is 0 Å². The molecule has 84 valence electrons. The molecule has 0 aromatic carbocycles. The van der Waals surface area contributed by atoms with E-state index in [-0.39, 0.29) is 0 Å². The number of anilines is 1. The quantitative estimate of drug-likeness (QED) is 0.852. The third-order valence-electron chi connectivity index (χ3n) is 2.28. The Morgan fingerprint density at radius 2 is 2.31 bits per heavy atom. The molecule has 0 aliphatic heterocycles. The average Bonchev–Trinajstić information content (AvgIpc) is 2.61. The molecule has 0 aliphatic carbocycles. The van der Waals surface area contributed by atoms with Gasteiger partial charge in [0.15, 0.2) is 0 Å². The molecule has 0 fully saturated rings. The Morgan fingerprint density at radius 1 is 1.56 bits per heavy atom. The SMILES string of the molecule is Cc1csc2ncnc(N[C@H](C)C(=O)O)c12. The van der Waals surface area contributed by atoms with Crippen LogP contribution in [0.15, 0.2) is 11.7 Å². The molecule has 2 aromatic heterocycles. The maximum atomic E-state index is 10.8. The summed E-state index contributed by atoms with van der Waals surface area (Å²) >= 11 is 1.53. The molecule has 0 spiro atoms. The molecule has 2 N–H and O–H groups in total. The van der Waals surface area contributed by atoms with Crippen molar-refractivity contribution < 1.29 is 9.90 Å². The second-order valence-corrected chi connectivity index (χ2v) is 4.38. The van der Waals surface area contributed by atoms with E-state index < -0.39 is 12.0 Å². The van der Waals surface area contributed by atoms with E-state index >= 15 is 0 Å². The monoisotopic (exact) mass is 237 g/mol. The Bertz CT molecular complexity index is 538. The van der Waals surface area contributed by atoms with Gasteiger partial charge in [-0.15, -0.1) is 11.3 Å². The summed E-state index contributed by atoms with van der Waals surface area (Å²) in [5, 5.41) is 14.6. The summed E-state index contributed by atoms with van der Waals surface area (Å²) in [5.41, 5.74) is 1.06. The summed E-state index contributed by atoms with van der Waals surface area (Å²) in [4.78, 5) is 19.8. The molecule has 0 radical (unpaired) electrons. The van der Waals surface area contributed by atoms with Gasteiger partial charge in [0.2, 0.25) is 0 Å². The Balaban J connectivity index is 2.44. The van der Waals surface area contributed by atoms with Crippen molar-refractivity contribution in [2.75, 3.05) is 5.32 Å². The fraction of sp³-hybridized carbons (Fsp3) is 0.300. The van der Waals surface area contributed by atoms with Crippen LogP contribution in [0.25, 0.3) is 10.2 Å². The first-order chi connectivity index (χ1) is 7.59. The first-order valence-corrected chi connectivity index (χ1v) is 5.65. The van der Waals surface area contributed by atoms with Gasteiger partial charge in [-0.1, -0.05) is 0 Å². The van der Waals surface area contributed by atoms with Crippen molar-refractivity contribution in [1.29, 1.82) is 0 Å². The van der Waals surface area contributed by atoms with Crippen molar-refractivity contribution in [1.82, 2.24) is 9.97 Å². The highest BCUT2D eigenvalue weighted by Crippen LogP contribution is 2.28. The number of aromatic nitrogens is 2. The lowest BCUT2D eigenvalue weighted by molar-refractivity contribution is -0.137. The van der Waals surface area contributed by atoms with Crippen molar-refractivity contribution in [3.05, 3.63) is 17.3 Å². The number of hydrogen-bond donors (Lipinski definition) is 2. The fourth-order valence-corrected chi connectivity index (χ4v) is 2.28. The number of nitrogens with zero attached hydrogens (tertiary/aromatic N) is 2. The van der Waals surface area contributed by atoms with Crippen molar-refractivity contribution in [3.63, 3.8) is 0 Å². The summed E-state index contributed by atoms with van der Waals surface area (Å²) in [7, 11) is 0. The summed E-state index contributed by atoms with van der Waals surface area (Å²) in [6, 6.07) is -0.669. The minimum absolute atomic E-state index is 0.582. The second kappa shape index (κ2) is 4.05. The normalized spacial score (nSPS) is 12.6. The van der Waals surface area contributed by atoms with Crippen LogP contribution in [0.5, 0.6) is 0 Å². The van der Waals surface area contributed by atoms with Crippen LogP contribution in [0.3, 0.4) is 0 Å². The molecule has 5 nitrogen and oxygen atoms in total. The van der Waals surface area contributed by atoms with Gasteiger partial charge in [0, 0.05) is 0 Å². The molecular weight excluding hydrogens is 226 g/mol. The predicted molar refractivity (Wildman–Crippen MR) is 62.9 cm³/mol. The van der Waals surface area contributed by atoms with Crippen molar-refractivity contribution in [3.8, 4) is 0 Å². The fourth-order valence-electron chi connectivity index (χ4n) is 1.39. The molecule has 0 bridgehead atoms. The highest BCUT2D eigenvalue weighted by atomic mass is 32.1. The van der Waals surface area contributed by atoms with Gasteiger partial charge in [0.05, 0.1) is 5.39 Å². The topological polar surface area (TPSA) is 75.1 Å². The van der Waals surface area contributed by atoms with E-state index in [1.807, 2.05) is 12.3 Å². The minimum atomic E-state index is -0.903. The molecule has 1 atom stereocenters. The van der Waals surface area contributed by atoms with E-state index in [0.29, 0.717) is 5.82 Å². The Morgan fingerprint density at radius 3 is 3.00 bits per heavy atom. The molecule has 0 unspecified atom stereocenters. The highest BCUT2D eigenvalue weighted by Gasteiger charge is 2.14. The number of carboxylic acids is 1. The van der Waals surface area contributed by atoms with Crippen molar-refractivity contribution >= 4 is 33.3 Å². The number of carbonyl (C=O) groups is 1. The van der Waals surface area contributed by atoms with E-state index in [9.17, 15) is 4.79 Å². The zero-order chi connectivity index (χ0) is 11.7. The predicted octanol–water partition coefficient (Wildman–Crippen LogP) is 1.88. The summed E-state index contributed by atoms with van der Waals surface area (Å²) in [6.45, 7) is 3.54. The lowest BCUT2D eigenvalue weighted by Crippen LogP contribution is -2.26. The largest absolute Gasteiger partial charge is 0.480 e. The van der Waals surface area contributed by atoms with Crippen LogP contribution in [0, 0.1) is 6.92 Å². The molecule has 16 heavy (non-hydrogen) atoms. The van der Waals surface area contributed by atoms with Gasteiger partial charge in [0.1, 0.15) is 23.0 Å². The maximum Gasteiger partial charge on any atom is 0.325 e. The molecule has 0 saturated carbocycles. The number of fused-ring (bicyclic) bond motifs is 1. The molecule has 2 rings (SSSR count). The molecule has 0 saturated heterocycles. The molecule has 2 heterocycles. The highest BCUT2D eigenvalue weighted by molar-refractivity contribution is 7.17. The van der Waals surface area contributed by atoms with E-state index in [0.717, 1.165) is 15.8 Å². The molecule has 0 aliphatic rings. The second-order valence-electron chi connectivity index (χ2n) is 3.53. The van der Waals surface area contributed by atoms with Gasteiger partial charge >= 0.3 is 5.97 Å². The first-order valence-electron chi connectivity index (χ1n) is 4.77. The molecule has 2 aromatic rings. The lowest BCUT2D eigenvalue weighted by Gasteiger charge is -2.10. The number of carboxylic acid groups (broad SMARTS) is 1. The maximum absolute atomic E-state index is 10.8. The molecular formula is C10H11N3O2S. The van der Waals surface area contributed by atoms with Crippen LogP contribution in [0.4, 0.5) is 5.82 Å². The smallest absolute Gasteiger partial charge is 0.325 e. The Labute approximate surface area is 96.2 Å². The van der Waals surface area contributed by atoms with E-state index in [1.165, 1.54) is 17.7 Å². The van der Waals surface area contributed by atoms with E-state index in [4.69, 9.17) is 5.11 Å². The van der Waals surface area contributed by atoms with Gasteiger partial charge in [-0.25, -0.2) is 9.97 Å². The van der Waals surface area contributed by atoms with E-state index in [1.54, 1.807) is 6.92 Å². The van der Waals surface area contributed by atoms with E-state index in [2.05, 4.69) is 15.3 Å². The zero-order valence-electron chi connectivity index (χ0n) is 8.89. The van der Waals surface area contributed by atoms with Gasteiger partial charge in [-0.2, -0.15) is 0 Å². The Kier molecular flexibility index (Phi) is 2.74. The Hall–Kier alpha value is -1.69. The molecule has 0 amide bonds. The van der Waals surface area contributed by atoms with Crippen LogP contribution in [-0.2, 0) is 4.79 Å². The first kappa shape index (κ1) is 10.8. The minimum Gasteiger partial charge on any atom is -0.480 e. The van der Waals surface area contributed by atoms with Crippen molar-refractivity contribution in [2.45, 2.75) is 19.9 Å². The van der Waals surface area contributed by atoms with Gasteiger partial charge in [-0.3, -0.25) is 4.79 Å². The molecule has 6 heteroatoms. The third kappa shape index (κ3) is 1.83.